The molecule has 2 rings (SSSR count). The van der Waals surface area contributed by atoms with Gasteiger partial charge in [0.15, 0.2) is 0 Å². The summed E-state index contributed by atoms with van der Waals surface area (Å²) in [6, 6.07) is 14.0. The summed E-state index contributed by atoms with van der Waals surface area (Å²) in [4.78, 5) is 24.9. The van der Waals surface area contributed by atoms with E-state index in [0.29, 0.717) is 22.6 Å². The van der Waals surface area contributed by atoms with Gasteiger partial charge in [-0.15, -0.1) is 0 Å². The molecule has 2 N–H and O–H groups in total. The molecule has 5 heteroatoms. The van der Waals surface area contributed by atoms with Gasteiger partial charge in [0.25, 0.3) is 11.8 Å². The Balaban J connectivity index is 2.18. The second kappa shape index (κ2) is 9.04. The van der Waals surface area contributed by atoms with Crippen molar-refractivity contribution in [3.63, 3.8) is 0 Å². The van der Waals surface area contributed by atoms with Gasteiger partial charge in [-0.3, -0.25) is 9.59 Å². The van der Waals surface area contributed by atoms with Crippen LogP contribution in [0.1, 0.15) is 54.8 Å². The van der Waals surface area contributed by atoms with Gasteiger partial charge in [-0.1, -0.05) is 25.1 Å². The lowest BCUT2D eigenvalue weighted by Gasteiger charge is -2.15. The molecule has 2 aromatic carbocycles. The van der Waals surface area contributed by atoms with Crippen LogP contribution in [-0.2, 0) is 0 Å². The van der Waals surface area contributed by atoms with Gasteiger partial charge in [0, 0.05) is 11.6 Å². The van der Waals surface area contributed by atoms with Gasteiger partial charge in [0.1, 0.15) is 5.75 Å². The SMILES string of the molecule is CCC(C)Oc1cccc(C(=O)Nc2ccccc2C(=O)NC(C)C)c1. The van der Waals surface area contributed by atoms with Crippen molar-refractivity contribution in [3.05, 3.63) is 59.7 Å². The van der Waals surface area contributed by atoms with E-state index in [1.165, 1.54) is 0 Å². The lowest BCUT2D eigenvalue weighted by Crippen LogP contribution is -2.31. The van der Waals surface area contributed by atoms with Gasteiger partial charge in [-0.05, 0) is 57.5 Å². The van der Waals surface area contributed by atoms with Crippen LogP contribution in [-0.4, -0.2) is 24.0 Å². The number of carbonyl (C=O) groups is 2. The molecular weight excluding hydrogens is 328 g/mol. The van der Waals surface area contributed by atoms with Crippen LogP contribution in [0.5, 0.6) is 5.75 Å². The minimum atomic E-state index is -0.288. The Hall–Kier alpha value is -2.82. The number of para-hydroxylation sites is 1. The summed E-state index contributed by atoms with van der Waals surface area (Å²) >= 11 is 0. The fourth-order valence-corrected chi connectivity index (χ4v) is 2.35. The number of hydrogen-bond acceptors (Lipinski definition) is 3. The third-order valence-electron chi connectivity index (χ3n) is 3.85. The summed E-state index contributed by atoms with van der Waals surface area (Å²) in [7, 11) is 0. The number of anilines is 1. The first-order valence-corrected chi connectivity index (χ1v) is 8.88. The first-order chi connectivity index (χ1) is 12.4. The Bertz CT molecular complexity index is 771. The molecule has 2 amide bonds. The molecule has 2 aromatic rings. The quantitative estimate of drug-likeness (QED) is 0.781. The lowest BCUT2D eigenvalue weighted by molar-refractivity contribution is 0.0944. The topological polar surface area (TPSA) is 67.4 Å². The summed E-state index contributed by atoms with van der Waals surface area (Å²) in [5.41, 5.74) is 1.38. The Morgan fingerprint density at radius 2 is 1.73 bits per heavy atom. The number of amides is 2. The van der Waals surface area contributed by atoms with Crippen LogP contribution < -0.4 is 15.4 Å². The van der Waals surface area contributed by atoms with Crippen molar-refractivity contribution in [3.8, 4) is 5.75 Å². The van der Waals surface area contributed by atoms with Crippen molar-refractivity contribution in [1.29, 1.82) is 0 Å². The number of rotatable bonds is 7. The average molecular weight is 354 g/mol. The standard InChI is InChI=1S/C21H26N2O3/c1-5-15(4)26-17-10-8-9-16(13-17)20(24)23-19-12-7-6-11-18(19)21(25)22-14(2)3/h6-15H,5H2,1-4H3,(H,22,25)(H,23,24). The molecule has 1 unspecified atom stereocenters. The minimum absolute atomic E-state index is 0.0145. The summed E-state index contributed by atoms with van der Waals surface area (Å²) in [5, 5.41) is 5.66. The molecule has 0 bridgehead atoms. The average Bonchev–Trinajstić information content (AvgIpc) is 2.61. The van der Waals surface area contributed by atoms with E-state index in [0.717, 1.165) is 6.42 Å². The maximum Gasteiger partial charge on any atom is 0.255 e. The van der Waals surface area contributed by atoms with Gasteiger partial charge >= 0.3 is 0 Å². The Kier molecular flexibility index (Phi) is 6.78. The maximum atomic E-state index is 12.6. The van der Waals surface area contributed by atoms with Crippen molar-refractivity contribution in [2.45, 2.75) is 46.3 Å². The molecule has 5 nitrogen and oxygen atoms in total. The van der Waals surface area contributed by atoms with Crippen molar-refractivity contribution < 1.29 is 14.3 Å². The molecule has 0 heterocycles. The van der Waals surface area contributed by atoms with Crippen LogP contribution in [0.4, 0.5) is 5.69 Å². The number of carbonyl (C=O) groups excluding carboxylic acids is 2. The van der Waals surface area contributed by atoms with Crippen LogP contribution in [0.25, 0.3) is 0 Å². The zero-order valence-electron chi connectivity index (χ0n) is 15.7. The number of ether oxygens (including phenoxy) is 1. The number of hydrogen-bond donors (Lipinski definition) is 2. The molecule has 0 aromatic heterocycles. The summed E-state index contributed by atoms with van der Waals surface area (Å²) < 4.78 is 5.77. The smallest absolute Gasteiger partial charge is 0.255 e. The van der Waals surface area contributed by atoms with Gasteiger partial charge in [-0.2, -0.15) is 0 Å². The Labute approximate surface area is 154 Å². The Morgan fingerprint density at radius 1 is 1.00 bits per heavy atom. The zero-order valence-corrected chi connectivity index (χ0v) is 15.7. The van der Waals surface area contributed by atoms with E-state index >= 15 is 0 Å². The third-order valence-corrected chi connectivity index (χ3v) is 3.85. The van der Waals surface area contributed by atoms with Gasteiger partial charge < -0.3 is 15.4 Å². The van der Waals surface area contributed by atoms with E-state index in [-0.39, 0.29) is 24.0 Å². The fraction of sp³-hybridized carbons (Fsp3) is 0.333. The van der Waals surface area contributed by atoms with Crippen molar-refractivity contribution >= 4 is 17.5 Å². The van der Waals surface area contributed by atoms with E-state index in [1.54, 1.807) is 42.5 Å². The minimum Gasteiger partial charge on any atom is -0.491 e. The largest absolute Gasteiger partial charge is 0.491 e. The molecule has 0 saturated heterocycles. The second-order valence-corrected chi connectivity index (χ2v) is 6.49. The monoisotopic (exact) mass is 354 g/mol. The third kappa shape index (κ3) is 5.34. The number of nitrogens with one attached hydrogen (secondary N) is 2. The fourth-order valence-electron chi connectivity index (χ4n) is 2.35. The molecule has 0 radical (unpaired) electrons. The molecule has 0 fully saturated rings. The van der Waals surface area contributed by atoms with E-state index in [9.17, 15) is 9.59 Å². The molecule has 0 aliphatic rings. The predicted molar refractivity (Wildman–Crippen MR) is 104 cm³/mol. The molecule has 0 saturated carbocycles. The van der Waals surface area contributed by atoms with Gasteiger partial charge in [0.05, 0.1) is 17.4 Å². The lowest BCUT2D eigenvalue weighted by atomic mass is 10.1. The van der Waals surface area contributed by atoms with Crippen LogP contribution >= 0.6 is 0 Å². The summed E-state index contributed by atoms with van der Waals surface area (Å²) in [5.74, 6) is 0.145. The molecule has 0 aliphatic carbocycles. The summed E-state index contributed by atoms with van der Waals surface area (Å²) in [6.45, 7) is 7.81. The highest BCUT2D eigenvalue weighted by atomic mass is 16.5. The first-order valence-electron chi connectivity index (χ1n) is 8.88. The van der Waals surface area contributed by atoms with Gasteiger partial charge in [-0.25, -0.2) is 0 Å². The molecule has 1 atom stereocenters. The maximum absolute atomic E-state index is 12.6. The van der Waals surface area contributed by atoms with Crippen LogP contribution in [0.3, 0.4) is 0 Å². The van der Waals surface area contributed by atoms with Crippen molar-refractivity contribution in [2.75, 3.05) is 5.32 Å². The van der Waals surface area contributed by atoms with Crippen molar-refractivity contribution in [2.24, 2.45) is 0 Å². The predicted octanol–water partition coefficient (Wildman–Crippen LogP) is 4.25. The molecule has 0 aliphatic heterocycles. The molecule has 0 spiro atoms. The first kappa shape index (κ1) is 19.5. The van der Waals surface area contributed by atoms with E-state index in [2.05, 4.69) is 10.6 Å². The van der Waals surface area contributed by atoms with E-state index in [4.69, 9.17) is 4.74 Å². The molecular formula is C21H26N2O3. The van der Waals surface area contributed by atoms with Crippen LogP contribution in [0.2, 0.25) is 0 Å². The van der Waals surface area contributed by atoms with Crippen molar-refractivity contribution in [1.82, 2.24) is 5.32 Å². The normalized spacial score (nSPS) is 11.7. The van der Waals surface area contributed by atoms with E-state index < -0.39 is 0 Å². The highest BCUT2D eigenvalue weighted by Gasteiger charge is 2.15. The zero-order chi connectivity index (χ0) is 19.1. The Morgan fingerprint density at radius 3 is 2.42 bits per heavy atom. The summed E-state index contributed by atoms with van der Waals surface area (Å²) in [6.07, 6.45) is 0.961. The van der Waals surface area contributed by atoms with E-state index in [1.807, 2.05) is 33.8 Å². The molecule has 138 valence electrons. The second-order valence-electron chi connectivity index (χ2n) is 6.49. The highest BCUT2D eigenvalue weighted by molar-refractivity contribution is 6.09. The molecule has 26 heavy (non-hydrogen) atoms. The highest BCUT2D eigenvalue weighted by Crippen LogP contribution is 2.19. The van der Waals surface area contributed by atoms with Crippen LogP contribution in [0, 0.1) is 0 Å². The van der Waals surface area contributed by atoms with Gasteiger partial charge in [0.2, 0.25) is 0 Å². The number of benzene rings is 2. The van der Waals surface area contributed by atoms with Crippen LogP contribution in [0.15, 0.2) is 48.5 Å².